The van der Waals surface area contributed by atoms with E-state index in [9.17, 15) is 18.0 Å². The smallest absolute Gasteiger partial charge is 0.410 e. The first-order valence-corrected chi connectivity index (χ1v) is 19.5. The zero-order valence-corrected chi connectivity index (χ0v) is 31.7. The van der Waals surface area contributed by atoms with E-state index in [1.165, 1.54) is 12.1 Å². The fraction of sp³-hybridized carbons (Fsp3) is 0.538. The lowest BCUT2D eigenvalue weighted by molar-refractivity contribution is -0.0385. The van der Waals surface area contributed by atoms with Gasteiger partial charge in [-0.15, -0.1) is 0 Å². The van der Waals surface area contributed by atoms with Crippen LogP contribution in [0.4, 0.5) is 10.7 Å². The molecule has 0 unspecified atom stereocenters. The summed E-state index contributed by atoms with van der Waals surface area (Å²) in [6.07, 6.45) is 4.15. The topological polar surface area (TPSA) is 131 Å². The third-order valence-corrected chi connectivity index (χ3v) is 11.6. The van der Waals surface area contributed by atoms with Gasteiger partial charge in [0.2, 0.25) is 11.8 Å². The Morgan fingerprint density at radius 3 is 2.35 bits per heavy atom. The van der Waals surface area contributed by atoms with E-state index in [1.54, 1.807) is 18.2 Å². The summed E-state index contributed by atoms with van der Waals surface area (Å²) >= 11 is 0. The number of amides is 2. The van der Waals surface area contributed by atoms with Crippen molar-refractivity contribution in [1.82, 2.24) is 19.8 Å². The molecule has 1 atom stereocenters. The van der Waals surface area contributed by atoms with E-state index in [1.807, 2.05) is 62.6 Å². The van der Waals surface area contributed by atoms with Gasteiger partial charge in [-0.25, -0.2) is 22.9 Å². The minimum absolute atomic E-state index is 0.0455. The minimum Gasteiger partial charge on any atom is -0.475 e. The van der Waals surface area contributed by atoms with Crippen molar-refractivity contribution >= 4 is 28.0 Å². The van der Waals surface area contributed by atoms with Crippen LogP contribution < -0.4 is 9.46 Å². The zero-order chi connectivity index (χ0) is 36.7. The molecule has 1 aromatic heterocycles. The third-order valence-electron chi connectivity index (χ3n) is 10.3. The van der Waals surface area contributed by atoms with Crippen LogP contribution in [0.2, 0.25) is 0 Å². The average Bonchev–Trinajstić information content (AvgIpc) is 3.03. The molecular formula is C39H51N5O6S. The van der Waals surface area contributed by atoms with E-state index in [0.29, 0.717) is 37.3 Å². The second kappa shape index (κ2) is 14.1. The Bertz CT molecular complexity index is 1870. The Hall–Kier alpha value is -4.19. The summed E-state index contributed by atoms with van der Waals surface area (Å²) in [6.45, 7) is 15.9. The predicted molar refractivity (Wildman–Crippen MR) is 196 cm³/mol. The Morgan fingerprint density at radius 2 is 1.71 bits per heavy atom. The summed E-state index contributed by atoms with van der Waals surface area (Å²) in [7, 11) is -4.15. The van der Waals surface area contributed by atoms with Crippen LogP contribution in [0.5, 0.6) is 5.88 Å². The molecule has 1 aliphatic carbocycles. The second-order valence-electron chi connectivity index (χ2n) is 16.1. The van der Waals surface area contributed by atoms with Gasteiger partial charge in [0.25, 0.3) is 15.9 Å². The number of piperidine rings is 1. The molecular weight excluding hydrogens is 667 g/mol. The maximum Gasteiger partial charge on any atom is 0.410 e. The van der Waals surface area contributed by atoms with E-state index in [2.05, 4.69) is 28.5 Å². The average molecular weight is 718 g/mol. The number of carbonyl (C=O) groups is 2. The van der Waals surface area contributed by atoms with Crippen molar-refractivity contribution in [2.45, 2.75) is 97.1 Å². The highest BCUT2D eigenvalue weighted by Gasteiger charge is 2.48. The molecule has 274 valence electrons. The van der Waals surface area contributed by atoms with Gasteiger partial charge in [-0.05, 0) is 113 Å². The van der Waals surface area contributed by atoms with Crippen LogP contribution in [0, 0.1) is 31.1 Å². The Balaban J connectivity index is 1.29. The monoisotopic (exact) mass is 717 g/mol. The maximum atomic E-state index is 14.5. The van der Waals surface area contributed by atoms with Crippen molar-refractivity contribution in [2.75, 3.05) is 31.0 Å². The van der Waals surface area contributed by atoms with Gasteiger partial charge in [-0.3, -0.25) is 4.79 Å². The van der Waals surface area contributed by atoms with Crippen LogP contribution in [-0.2, 0) is 14.8 Å². The summed E-state index contributed by atoms with van der Waals surface area (Å²) in [5, 5.41) is 0. The standard InChI is InChI=1S/C39H51N5O6S/c1-25(2)18-30-24-49-33-20-32(34-26(3)10-8-11-27(34)4)40-36(41-33)42-51(47,48)31-13-9-12-29(19-31)35(45)44(30)23-28-21-39(22-28)14-16-43(17-15-39)37(46)50-38(5,6)7/h8-13,19-20,25,28,30H,14-18,21-24H2,1-7H3,(H,40,41,42)/t30-/m1/s1. The van der Waals surface area contributed by atoms with Gasteiger partial charge in [0.15, 0.2) is 0 Å². The van der Waals surface area contributed by atoms with Crippen LogP contribution in [0.1, 0.15) is 88.2 Å². The maximum absolute atomic E-state index is 14.5. The first-order valence-electron chi connectivity index (χ1n) is 18.0. The Labute approximate surface area is 302 Å². The van der Waals surface area contributed by atoms with E-state index in [4.69, 9.17) is 9.47 Å². The number of aromatic nitrogens is 2. The van der Waals surface area contributed by atoms with Crippen LogP contribution in [0.25, 0.3) is 11.3 Å². The van der Waals surface area contributed by atoms with E-state index >= 15 is 0 Å². The van der Waals surface area contributed by atoms with Gasteiger partial charge >= 0.3 is 6.09 Å². The van der Waals surface area contributed by atoms with Crippen LogP contribution in [-0.4, -0.2) is 78.1 Å². The Morgan fingerprint density at radius 1 is 1.04 bits per heavy atom. The highest BCUT2D eigenvalue weighted by molar-refractivity contribution is 7.92. The number of carbonyl (C=O) groups excluding carboxylic acids is 2. The van der Waals surface area contributed by atoms with Gasteiger partial charge in [0.05, 0.1) is 16.6 Å². The molecule has 0 radical (unpaired) electrons. The first kappa shape index (κ1) is 36.6. The molecule has 2 fully saturated rings. The summed E-state index contributed by atoms with van der Waals surface area (Å²) in [5.41, 5.74) is 3.31. The van der Waals surface area contributed by atoms with E-state index in [0.717, 1.165) is 42.4 Å². The summed E-state index contributed by atoms with van der Waals surface area (Å²) < 4.78 is 42.0. The molecule has 2 aromatic carbocycles. The fourth-order valence-corrected chi connectivity index (χ4v) is 8.90. The van der Waals surface area contributed by atoms with Crippen molar-refractivity contribution in [3.8, 4) is 17.1 Å². The SMILES string of the molecule is Cc1cccc(C)c1-c1cc2nc(n1)NS(=O)(=O)c1cccc(c1)C(=O)N(CC1CC3(CCN(C(=O)OC(C)(C)C)CC3)C1)[C@H](CC(C)C)CO2. The molecule has 1 N–H and O–H groups in total. The summed E-state index contributed by atoms with van der Waals surface area (Å²) in [4.78, 5) is 39.9. The number of nitrogens with one attached hydrogen (secondary N) is 1. The molecule has 1 saturated heterocycles. The number of hydrogen-bond acceptors (Lipinski definition) is 8. The van der Waals surface area contributed by atoms with Crippen molar-refractivity contribution in [2.24, 2.45) is 17.3 Å². The van der Waals surface area contributed by atoms with Gasteiger partial charge in [0, 0.05) is 36.8 Å². The molecule has 4 bridgehead atoms. The van der Waals surface area contributed by atoms with Crippen molar-refractivity contribution in [3.63, 3.8) is 0 Å². The molecule has 3 aromatic rings. The highest BCUT2D eigenvalue weighted by Crippen LogP contribution is 2.53. The minimum atomic E-state index is -4.15. The third kappa shape index (κ3) is 8.32. The molecule has 6 rings (SSSR count). The molecule has 2 aliphatic heterocycles. The molecule has 3 aliphatic rings. The highest BCUT2D eigenvalue weighted by atomic mass is 32.2. The first-order chi connectivity index (χ1) is 24.0. The quantitative estimate of drug-likeness (QED) is 0.292. The van der Waals surface area contributed by atoms with Gasteiger partial charge in [-0.1, -0.05) is 38.1 Å². The number of nitrogens with zero attached hydrogens (tertiary/aromatic N) is 4. The molecule has 12 heteroatoms. The van der Waals surface area contributed by atoms with Gasteiger partial charge in [-0.2, -0.15) is 4.98 Å². The molecule has 1 spiro atoms. The van der Waals surface area contributed by atoms with Crippen molar-refractivity contribution in [3.05, 3.63) is 65.2 Å². The van der Waals surface area contributed by atoms with Gasteiger partial charge in [0.1, 0.15) is 12.2 Å². The zero-order valence-electron chi connectivity index (χ0n) is 30.9. The largest absolute Gasteiger partial charge is 0.475 e. The number of benzene rings is 2. The number of hydrogen-bond donors (Lipinski definition) is 1. The normalized spacial score (nSPS) is 20.4. The molecule has 3 heterocycles. The number of ether oxygens (including phenoxy) is 2. The number of aryl methyl sites for hydroxylation is 2. The molecule has 51 heavy (non-hydrogen) atoms. The number of likely N-dealkylation sites (tertiary alicyclic amines) is 1. The van der Waals surface area contributed by atoms with Crippen LogP contribution in [0.3, 0.4) is 0 Å². The molecule has 11 nitrogen and oxygen atoms in total. The van der Waals surface area contributed by atoms with Crippen LogP contribution in [0.15, 0.2) is 53.4 Å². The lowest BCUT2D eigenvalue weighted by Gasteiger charge is -2.53. The number of sulfonamides is 1. The van der Waals surface area contributed by atoms with Gasteiger partial charge < -0.3 is 19.3 Å². The number of rotatable bonds is 5. The van der Waals surface area contributed by atoms with Crippen molar-refractivity contribution < 1.29 is 27.5 Å². The predicted octanol–water partition coefficient (Wildman–Crippen LogP) is 7.24. The van der Waals surface area contributed by atoms with Crippen LogP contribution >= 0.6 is 0 Å². The lowest BCUT2D eigenvalue weighted by Crippen LogP contribution is -2.54. The lowest BCUT2D eigenvalue weighted by atomic mass is 9.57. The Kier molecular flexibility index (Phi) is 10.1. The summed E-state index contributed by atoms with van der Waals surface area (Å²) in [6, 6.07) is 13.6. The fourth-order valence-electron chi connectivity index (χ4n) is 7.91. The number of fused-ring (bicyclic) bond motifs is 4. The molecule has 1 saturated carbocycles. The van der Waals surface area contributed by atoms with E-state index < -0.39 is 15.6 Å². The number of anilines is 1. The van der Waals surface area contributed by atoms with E-state index in [-0.39, 0.29) is 58.6 Å². The van der Waals surface area contributed by atoms with Crippen molar-refractivity contribution in [1.29, 1.82) is 0 Å². The summed E-state index contributed by atoms with van der Waals surface area (Å²) in [5.74, 6) is 0.425. The molecule has 2 amide bonds. The second-order valence-corrected chi connectivity index (χ2v) is 17.8.